The molecule has 12 atom stereocenters. The highest BCUT2D eigenvalue weighted by atomic mass is 33.1. The number of aromatic nitrogens is 1. The van der Waals surface area contributed by atoms with Crippen molar-refractivity contribution in [1.82, 2.24) is 10.3 Å². The summed E-state index contributed by atoms with van der Waals surface area (Å²) in [6.07, 6.45) is 8.17. The smallest absolute Gasteiger partial charge is 0.200 e. The molecule has 13 nitrogen and oxygen atoms in total. The average molecular weight is 1030 g/mol. The summed E-state index contributed by atoms with van der Waals surface area (Å²) in [6.45, 7) is 3.48. The quantitative estimate of drug-likeness (QED) is 0.0338. The van der Waals surface area contributed by atoms with Crippen molar-refractivity contribution in [1.29, 1.82) is 0 Å². The van der Waals surface area contributed by atoms with E-state index in [1.165, 1.54) is 35.8 Å². The molecule has 3 heterocycles. The molecule has 4 aromatic rings. The molecule has 392 valence electrons. The van der Waals surface area contributed by atoms with E-state index in [4.69, 9.17) is 18.9 Å². The summed E-state index contributed by atoms with van der Waals surface area (Å²) in [5, 5.41) is 82.7. The van der Waals surface area contributed by atoms with E-state index in [0.717, 1.165) is 92.0 Å². The lowest BCUT2D eigenvalue weighted by Gasteiger charge is -2.53. The van der Waals surface area contributed by atoms with Crippen LogP contribution in [0.4, 0.5) is 0 Å². The molecule has 8 rings (SSSR count). The molecule has 0 radical (unpaired) electrons. The predicted octanol–water partition coefficient (Wildman–Crippen LogP) is 8.82. The topological polar surface area (TPSA) is 203 Å². The molecule has 0 bridgehead atoms. The van der Waals surface area contributed by atoms with Gasteiger partial charge < -0.3 is 60.0 Å². The number of phenols is 2. The number of aryl methyl sites for hydroxylation is 1. The van der Waals surface area contributed by atoms with Gasteiger partial charge in [0.1, 0.15) is 6.79 Å². The zero-order valence-electron chi connectivity index (χ0n) is 42.1. The number of phenolic OH excluding ortho intramolecular Hbond substituents is 2. The number of methoxy groups -OCH3 is 2. The lowest BCUT2D eigenvalue weighted by Crippen LogP contribution is -2.50. The Morgan fingerprint density at radius 2 is 1.72 bits per heavy atom. The van der Waals surface area contributed by atoms with Crippen molar-refractivity contribution in [2.24, 2.45) is 35.0 Å². The molecule has 2 aliphatic heterocycles. The van der Waals surface area contributed by atoms with Gasteiger partial charge in [0.25, 0.3) is 0 Å². The standard InChI is InChI=1S/C57H76N2O11S2/c1-35-8-12-41(13-17-48(62)39-11-16-47-38(26-39)7-6-21-59-47)57(31-35)19-4-5-20-58-32-40-10-15-43(28-46(40)57)70-52-27-37-9-14-42(69-34-61)29-49(63)45(23-36-24-53(67-2)56(66)54(25-36)68-3)51(65)33-71-72-55(18-22-60)44(37)30-50(52)64/h6-7,11,16,21,24-27,30,35,40-43,45-46,48-49,51,55,58,60-66H,5,8-10,12-15,17-18,20,22-23,28-29,31-34H2,1-3H3. The number of aliphatic hydroxyl groups excluding tert-OH is 5. The first-order chi connectivity index (χ1) is 34.9. The third-order valence-electron chi connectivity index (χ3n) is 16.2. The number of aromatic hydroxyl groups is 2. The number of nitrogens with zero attached hydrogens (tertiary/aromatic N) is 1. The third kappa shape index (κ3) is 12.9. The van der Waals surface area contributed by atoms with Crippen LogP contribution in [0.15, 0.2) is 60.8 Å². The number of ether oxygens (including phenoxy) is 4. The Labute approximate surface area is 433 Å². The van der Waals surface area contributed by atoms with Gasteiger partial charge in [-0.05, 0) is 172 Å². The Bertz CT molecular complexity index is 2440. The van der Waals surface area contributed by atoms with Gasteiger partial charge >= 0.3 is 0 Å². The molecule has 8 N–H and O–H groups in total. The van der Waals surface area contributed by atoms with Crippen molar-refractivity contribution in [3.63, 3.8) is 0 Å². The second-order valence-corrected chi connectivity index (χ2v) is 23.4. The van der Waals surface area contributed by atoms with Crippen LogP contribution in [0.25, 0.3) is 10.9 Å². The van der Waals surface area contributed by atoms with Gasteiger partial charge in [0, 0.05) is 53.5 Å². The van der Waals surface area contributed by atoms with Gasteiger partial charge in [-0.15, -0.1) is 5.92 Å². The largest absolute Gasteiger partial charge is 0.504 e. The van der Waals surface area contributed by atoms with Crippen molar-refractivity contribution < 1.29 is 54.7 Å². The number of nitrogens with one attached hydrogen (secondary N) is 1. The van der Waals surface area contributed by atoms with Gasteiger partial charge in [0.05, 0.1) is 50.3 Å². The maximum absolute atomic E-state index is 11.9. The number of aliphatic hydroxyl groups is 5. The molecule has 3 aromatic carbocycles. The van der Waals surface area contributed by atoms with E-state index in [0.29, 0.717) is 54.7 Å². The van der Waals surface area contributed by atoms with E-state index in [2.05, 4.69) is 35.1 Å². The first-order valence-corrected chi connectivity index (χ1v) is 28.5. The highest BCUT2D eigenvalue weighted by Gasteiger charge is 2.52. The summed E-state index contributed by atoms with van der Waals surface area (Å²) < 4.78 is 23.7. The summed E-state index contributed by atoms with van der Waals surface area (Å²) in [4.78, 5) is 4.48. The molecule has 2 fully saturated rings. The molecular weight excluding hydrogens is 953 g/mol. The van der Waals surface area contributed by atoms with E-state index < -0.39 is 37.1 Å². The minimum atomic E-state index is -1.03. The zero-order chi connectivity index (χ0) is 50.8. The van der Waals surface area contributed by atoms with Crippen LogP contribution in [0.2, 0.25) is 0 Å². The number of pyridine rings is 1. The SMILES string of the molecule is COc1cc(CC2C(O)CSSC(CCO)c3cc(O)c(OC4CCC5CNCCC#CC6(CC(C)CCC6CCC(O)c6ccc7ncccc7c6)C5C4)cc3CCC(OCO)CC2O)cc(OC)c1O. The Morgan fingerprint density at radius 3 is 2.50 bits per heavy atom. The Morgan fingerprint density at radius 1 is 0.903 bits per heavy atom. The van der Waals surface area contributed by atoms with Crippen LogP contribution < -0.4 is 19.5 Å². The normalized spacial score (nSPS) is 29.8. The van der Waals surface area contributed by atoms with E-state index in [1.54, 1.807) is 24.4 Å². The number of benzene rings is 3. The lowest BCUT2D eigenvalue weighted by molar-refractivity contribution is -0.0808. The minimum Gasteiger partial charge on any atom is -0.504 e. The fourth-order valence-corrected chi connectivity index (χ4v) is 15.4. The zero-order valence-corrected chi connectivity index (χ0v) is 43.7. The van der Waals surface area contributed by atoms with Crippen LogP contribution >= 0.6 is 21.6 Å². The van der Waals surface area contributed by atoms with Crippen LogP contribution in [-0.4, -0.2) is 112 Å². The van der Waals surface area contributed by atoms with Crippen molar-refractivity contribution in [3.8, 4) is 40.6 Å². The van der Waals surface area contributed by atoms with Crippen LogP contribution in [0.3, 0.4) is 0 Å². The van der Waals surface area contributed by atoms with Crippen LogP contribution in [0.1, 0.15) is 118 Å². The first-order valence-electron chi connectivity index (χ1n) is 26.1. The predicted molar refractivity (Wildman–Crippen MR) is 283 cm³/mol. The van der Waals surface area contributed by atoms with Gasteiger partial charge in [-0.3, -0.25) is 4.98 Å². The summed E-state index contributed by atoms with van der Waals surface area (Å²) in [7, 11) is 5.86. The lowest BCUT2D eigenvalue weighted by atomic mass is 9.51. The fourth-order valence-electron chi connectivity index (χ4n) is 12.5. The summed E-state index contributed by atoms with van der Waals surface area (Å²) in [5.41, 5.74) is 4.04. The second kappa shape index (κ2) is 25.5. The molecule has 4 aliphatic rings. The molecule has 72 heavy (non-hydrogen) atoms. The van der Waals surface area contributed by atoms with Crippen molar-refractivity contribution >= 4 is 32.5 Å². The summed E-state index contributed by atoms with van der Waals surface area (Å²) >= 11 is 0. The van der Waals surface area contributed by atoms with Gasteiger partial charge in [-0.2, -0.15) is 0 Å². The average Bonchev–Trinajstić information content (AvgIpc) is 3.46. The molecule has 0 saturated heterocycles. The van der Waals surface area contributed by atoms with Gasteiger partial charge in [-0.1, -0.05) is 53.0 Å². The van der Waals surface area contributed by atoms with E-state index >= 15 is 0 Å². The Hall–Kier alpha value is -3.95. The molecule has 12 unspecified atom stereocenters. The molecule has 2 saturated carbocycles. The fraction of sp³-hybridized carbons (Fsp3) is 0.596. The van der Waals surface area contributed by atoms with Crippen LogP contribution in [-0.2, 0) is 17.6 Å². The maximum Gasteiger partial charge on any atom is 0.200 e. The monoisotopic (exact) mass is 1030 g/mol. The number of hydrogen-bond donors (Lipinski definition) is 8. The highest BCUT2D eigenvalue weighted by molar-refractivity contribution is 8.76. The minimum absolute atomic E-state index is 0.0282. The Balaban J connectivity index is 1.04. The summed E-state index contributed by atoms with van der Waals surface area (Å²) in [6, 6.07) is 17.1. The van der Waals surface area contributed by atoms with E-state index in [-0.39, 0.29) is 70.9 Å². The molecule has 0 amide bonds. The highest BCUT2D eigenvalue weighted by Crippen LogP contribution is 2.57. The maximum atomic E-state index is 11.9. The number of fused-ring (bicyclic) bond motifs is 4. The van der Waals surface area contributed by atoms with Gasteiger partial charge in [-0.25, -0.2) is 0 Å². The second-order valence-electron chi connectivity index (χ2n) is 20.8. The van der Waals surface area contributed by atoms with Crippen molar-refractivity contribution in [2.75, 3.05) is 46.5 Å². The molecule has 1 aromatic heterocycles. The van der Waals surface area contributed by atoms with Gasteiger partial charge in [0.2, 0.25) is 5.75 Å². The van der Waals surface area contributed by atoms with Crippen LogP contribution in [0.5, 0.6) is 28.7 Å². The van der Waals surface area contributed by atoms with Crippen molar-refractivity contribution in [2.45, 2.75) is 133 Å². The number of rotatable bonds is 14. The van der Waals surface area contributed by atoms with E-state index in [1.807, 2.05) is 30.3 Å². The Kier molecular flexibility index (Phi) is 19.3. The molecule has 1 spiro atoms. The third-order valence-corrected chi connectivity index (χ3v) is 19.1. The van der Waals surface area contributed by atoms with Gasteiger partial charge in [0.15, 0.2) is 23.0 Å². The first kappa shape index (κ1) is 54.3. The summed E-state index contributed by atoms with van der Waals surface area (Å²) in [5.74, 6) is 9.41. The van der Waals surface area contributed by atoms with Crippen LogP contribution in [0, 0.1) is 46.8 Å². The number of hydrogen-bond acceptors (Lipinski definition) is 15. The van der Waals surface area contributed by atoms with E-state index in [9.17, 15) is 35.7 Å². The molecule has 15 heteroatoms. The molecular formula is C57H76N2O11S2. The van der Waals surface area contributed by atoms with Crippen molar-refractivity contribution in [3.05, 3.63) is 83.0 Å². The molecule has 2 aliphatic carbocycles.